The number of nitrogens with zero attached hydrogens (tertiary/aromatic N) is 1. The van der Waals surface area contributed by atoms with Gasteiger partial charge in [-0.3, -0.25) is 14.3 Å². The molecule has 7 nitrogen and oxygen atoms in total. The van der Waals surface area contributed by atoms with Crippen LogP contribution in [0.1, 0.15) is 26.0 Å². The number of aromatic nitrogens is 2. The first kappa shape index (κ1) is 14.6. The number of hydrogen-bond donors (Lipinski definition) is 3. The van der Waals surface area contributed by atoms with Crippen molar-refractivity contribution in [3.63, 3.8) is 0 Å². The first-order chi connectivity index (χ1) is 8.58. The predicted octanol–water partition coefficient (Wildman–Crippen LogP) is -0.796. The van der Waals surface area contributed by atoms with Crippen molar-refractivity contribution in [2.24, 2.45) is 0 Å². The minimum Gasteiger partial charge on any atom is -0.400 e. The van der Waals surface area contributed by atoms with Crippen molar-refractivity contribution in [1.29, 1.82) is 0 Å². The highest BCUT2D eigenvalue weighted by molar-refractivity contribution is 4.86. The van der Waals surface area contributed by atoms with Gasteiger partial charge < -0.3 is 14.9 Å². The van der Waals surface area contributed by atoms with Crippen LogP contribution in [0, 0.1) is 0 Å². The zero-order valence-corrected chi connectivity index (χ0v) is 10.4. The van der Waals surface area contributed by atoms with E-state index < -0.39 is 23.6 Å². The Morgan fingerprint density at radius 3 is 2.61 bits per heavy atom. The number of rotatable bonds is 2. The second-order valence-corrected chi connectivity index (χ2v) is 3.96. The molecule has 102 valence electrons. The quantitative estimate of drug-likeness (QED) is 0.644. The molecule has 1 aliphatic heterocycles. The molecule has 1 aromatic heterocycles. The first-order valence-electron chi connectivity index (χ1n) is 5.67. The number of hydrogen-bond acceptors (Lipinski definition) is 5. The summed E-state index contributed by atoms with van der Waals surface area (Å²) >= 11 is 0. The maximum absolute atomic E-state index is 11.5. The number of aliphatic hydroxyl groups is 2. The van der Waals surface area contributed by atoms with Crippen LogP contribution in [0.5, 0.6) is 0 Å². The zero-order valence-electron chi connectivity index (χ0n) is 10.4. The van der Waals surface area contributed by atoms with Crippen LogP contribution in [0.25, 0.3) is 0 Å². The molecule has 2 heterocycles. The van der Waals surface area contributed by atoms with Gasteiger partial charge in [0.2, 0.25) is 0 Å². The summed E-state index contributed by atoms with van der Waals surface area (Å²) < 4.78 is 6.86. The number of H-pyrrole nitrogens is 1. The normalized spacial score (nSPS) is 24.2. The lowest BCUT2D eigenvalue weighted by Crippen LogP contribution is -2.32. The van der Waals surface area contributed by atoms with Gasteiger partial charge in [-0.05, 0) is 19.8 Å². The van der Waals surface area contributed by atoms with Crippen molar-refractivity contribution in [3.05, 3.63) is 33.1 Å². The summed E-state index contributed by atoms with van der Waals surface area (Å²) in [6.07, 6.45) is 1.57. The average Bonchev–Trinajstić information content (AvgIpc) is 2.81. The van der Waals surface area contributed by atoms with E-state index in [0.29, 0.717) is 12.8 Å². The van der Waals surface area contributed by atoms with Crippen molar-refractivity contribution in [1.82, 2.24) is 9.55 Å². The number of ether oxygens (including phenoxy) is 1. The molecule has 0 saturated carbocycles. The summed E-state index contributed by atoms with van der Waals surface area (Å²) in [7, 11) is 1.00. The van der Waals surface area contributed by atoms with Gasteiger partial charge in [0.15, 0.2) is 0 Å². The van der Waals surface area contributed by atoms with Gasteiger partial charge in [-0.25, -0.2) is 4.79 Å². The van der Waals surface area contributed by atoms with E-state index in [1.807, 2.05) is 0 Å². The molecule has 3 atom stereocenters. The van der Waals surface area contributed by atoms with Crippen molar-refractivity contribution in [2.45, 2.75) is 38.2 Å². The Bertz CT molecular complexity index is 479. The average molecular weight is 258 g/mol. The third-order valence-corrected chi connectivity index (χ3v) is 2.73. The van der Waals surface area contributed by atoms with E-state index in [1.54, 1.807) is 6.92 Å². The Balaban J connectivity index is 0.000000771. The van der Waals surface area contributed by atoms with E-state index in [9.17, 15) is 14.7 Å². The lowest BCUT2D eigenvalue weighted by atomic mass is 10.1. The van der Waals surface area contributed by atoms with Crippen LogP contribution in [-0.4, -0.2) is 39.1 Å². The predicted molar refractivity (Wildman–Crippen MR) is 64.3 cm³/mol. The summed E-state index contributed by atoms with van der Waals surface area (Å²) in [6, 6.07) is 1.28. The van der Waals surface area contributed by atoms with Crippen molar-refractivity contribution in [3.8, 4) is 0 Å². The maximum Gasteiger partial charge on any atom is 0.330 e. The van der Waals surface area contributed by atoms with Crippen molar-refractivity contribution >= 4 is 0 Å². The topological polar surface area (TPSA) is 105 Å². The second-order valence-electron chi connectivity index (χ2n) is 3.96. The SMILES string of the molecule is CC(O)C1CCC(n2ccc(=O)[nH]c2=O)O1.CO. The Morgan fingerprint density at radius 2 is 2.11 bits per heavy atom. The van der Waals surface area contributed by atoms with Gasteiger partial charge in [-0.1, -0.05) is 0 Å². The fourth-order valence-electron chi connectivity index (χ4n) is 1.86. The molecule has 2 rings (SSSR count). The Kier molecular flexibility index (Phi) is 5.26. The fourth-order valence-corrected chi connectivity index (χ4v) is 1.86. The van der Waals surface area contributed by atoms with Gasteiger partial charge in [0.25, 0.3) is 5.56 Å². The summed E-state index contributed by atoms with van der Waals surface area (Å²) in [5.74, 6) is 0. The zero-order chi connectivity index (χ0) is 13.7. The van der Waals surface area contributed by atoms with E-state index in [1.165, 1.54) is 16.8 Å². The molecule has 3 N–H and O–H groups in total. The molecule has 0 amide bonds. The minimum atomic E-state index is -0.552. The van der Waals surface area contributed by atoms with Gasteiger partial charge in [-0.2, -0.15) is 0 Å². The van der Waals surface area contributed by atoms with Gasteiger partial charge in [-0.15, -0.1) is 0 Å². The smallest absolute Gasteiger partial charge is 0.330 e. The Morgan fingerprint density at radius 1 is 1.44 bits per heavy atom. The van der Waals surface area contributed by atoms with Crippen LogP contribution in [0.3, 0.4) is 0 Å². The van der Waals surface area contributed by atoms with Crippen LogP contribution in [0.4, 0.5) is 0 Å². The molecule has 1 saturated heterocycles. The molecule has 0 aliphatic carbocycles. The van der Waals surface area contributed by atoms with Crippen molar-refractivity contribution in [2.75, 3.05) is 7.11 Å². The molecule has 18 heavy (non-hydrogen) atoms. The molecule has 1 aliphatic rings. The van der Waals surface area contributed by atoms with E-state index in [4.69, 9.17) is 9.84 Å². The summed E-state index contributed by atoms with van der Waals surface area (Å²) in [5.41, 5.74) is -0.907. The van der Waals surface area contributed by atoms with Crippen LogP contribution in [-0.2, 0) is 4.74 Å². The number of aliphatic hydroxyl groups excluding tert-OH is 2. The van der Waals surface area contributed by atoms with E-state index in [0.717, 1.165) is 7.11 Å². The lowest BCUT2D eigenvalue weighted by Gasteiger charge is -2.16. The highest BCUT2D eigenvalue weighted by atomic mass is 16.5. The third kappa shape index (κ3) is 3.28. The lowest BCUT2D eigenvalue weighted by molar-refractivity contribution is -0.0545. The van der Waals surface area contributed by atoms with E-state index in [-0.39, 0.29) is 6.10 Å². The van der Waals surface area contributed by atoms with Crippen LogP contribution < -0.4 is 11.2 Å². The van der Waals surface area contributed by atoms with Gasteiger partial charge in [0, 0.05) is 19.4 Å². The molecule has 0 spiro atoms. The summed E-state index contributed by atoms with van der Waals surface area (Å²) in [5, 5.41) is 16.4. The van der Waals surface area contributed by atoms with Gasteiger partial charge >= 0.3 is 5.69 Å². The number of nitrogens with one attached hydrogen (secondary N) is 1. The molecular weight excluding hydrogens is 240 g/mol. The molecular formula is C11H18N2O5. The second kappa shape index (κ2) is 6.48. The third-order valence-electron chi connectivity index (χ3n) is 2.73. The first-order valence-corrected chi connectivity index (χ1v) is 5.67. The monoisotopic (exact) mass is 258 g/mol. The fraction of sp³-hybridized carbons (Fsp3) is 0.636. The molecule has 0 bridgehead atoms. The summed E-state index contributed by atoms with van der Waals surface area (Å²) in [6.45, 7) is 1.66. The minimum absolute atomic E-state index is 0.246. The van der Waals surface area contributed by atoms with E-state index >= 15 is 0 Å². The number of aromatic amines is 1. The van der Waals surface area contributed by atoms with Crippen LogP contribution >= 0.6 is 0 Å². The van der Waals surface area contributed by atoms with Crippen molar-refractivity contribution < 1.29 is 14.9 Å². The molecule has 3 unspecified atom stereocenters. The van der Waals surface area contributed by atoms with Crippen LogP contribution in [0.15, 0.2) is 21.9 Å². The maximum atomic E-state index is 11.5. The largest absolute Gasteiger partial charge is 0.400 e. The standard InChI is InChI=1S/C10H14N2O4.CH4O/c1-6(13)7-2-3-9(16-7)12-5-4-8(14)11-10(12)15;1-2/h4-7,9,13H,2-3H2,1H3,(H,11,14,15);2H,1H3. The molecule has 0 radical (unpaired) electrons. The molecule has 1 fully saturated rings. The van der Waals surface area contributed by atoms with Crippen LogP contribution in [0.2, 0.25) is 0 Å². The van der Waals surface area contributed by atoms with E-state index in [2.05, 4.69) is 4.98 Å². The van der Waals surface area contributed by atoms with Gasteiger partial charge in [0.05, 0.1) is 12.2 Å². The molecule has 0 aromatic carbocycles. The Labute approximate surface area is 104 Å². The highest BCUT2D eigenvalue weighted by Gasteiger charge is 2.29. The highest BCUT2D eigenvalue weighted by Crippen LogP contribution is 2.28. The summed E-state index contributed by atoms with van der Waals surface area (Å²) in [4.78, 5) is 24.5. The molecule has 1 aromatic rings. The Hall–Kier alpha value is -1.44. The molecule has 7 heteroatoms. The van der Waals surface area contributed by atoms with Gasteiger partial charge in [0.1, 0.15) is 6.23 Å².